The summed E-state index contributed by atoms with van der Waals surface area (Å²) in [4.78, 5) is 9.38. The summed E-state index contributed by atoms with van der Waals surface area (Å²) < 4.78 is 29.6. The smallest absolute Gasteiger partial charge is 0.240 e. The van der Waals surface area contributed by atoms with Gasteiger partial charge in [0.2, 0.25) is 10.0 Å². The predicted octanol–water partition coefficient (Wildman–Crippen LogP) is 4.43. The maximum atomic E-state index is 12.5. The van der Waals surface area contributed by atoms with Crippen molar-refractivity contribution >= 4 is 32.8 Å². The van der Waals surface area contributed by atoms with Gasteiger partial charge in [0.25, 0.3) is 0 Å². The number of imidazole rings is 1. The Morgan fingerprint density at radius 3 is 2.63 bits per heavy atom. The number of pyridine rings is 1. The van der Waals surface area contributed by atoms with Gasteiger partial charge in [-0.2, -0.15) is 0 Å². The maximum Gasteiger partial charge on any atom is 0.240 e. The van der Waals surface area contributed by atoms with E-state index >= 15 is 0 Å². The first-order valence-corrected chi connectivity index (χ1v) is 11.4. The lowest BCUT2D eigenvalue weighted by Gasteiger charge is -2.10. The third-order valence-electron chi connectivity index (χ3n) is 4.77. The van der Waals surface area contributed by atoms with Gasteiger partial charge in [0, 0.05) is 29.9 Å². The van der Waals surface area contributed by atoms with Crippen molar-refractivity contribution in [3.63, 3.8) is 0 Å². The number of halogens is 1. The topological polar surface area (TPSA) is 76.9 Å². The van der Waals surface area contributed by atoms with Gasteiger partial charge in [-0.3, -0.25) is 0 Å². The number of rotatable bonds is 7. The van der Waals surface area contributed by atoms with Crippen LogP contribution in [0.15, 0.2) is 71.8 Å². The average molecular weight is 441 g/mol. The van der Waals surface area contributed by atoms with Crippen molar-refractivity contribution in [3.05, 3.63) is 77.4 Å². The second kappa shape index (κ2) is 8.55. The van der Waals surface area contributed by atoms with Crippen molar-refractivity contribution < 1.29 is 8.42 Å². The van der Waals surface area contributed by atoms with Crippen LogP contribution in [0.4, 0.5) is 0 Å². The molecule has 2 aromatic heterocycles. The summed E-state index contributed by atoms with van der Waals surface area (Å²) in [6, 6.07) is 18.2. The van der Waals surface area contributed by atoms with E-state index in [0.29, 0.717) is 18.0 Å². The number of sulfonamides is 1. The molecule has 8 heteroatoms. The van der Waals surface area contributed by atoms with Crippen molar-refractivity contribution in [2.75, 3.05) is 6.54 Å². The summed E-state index contributed by atoms with van der Waals surface area (Å²) >= 11 is 5.91. The highest BCUT2D eigenvalue weighted by Crippen LogP contribution is 2.24. The molecule has 0 saturated carbocycles. The van der Waals surface area contributed by atoms with E-state index in [0.717, 1.165) is 22.6 Å². The maximum absolute atomic E-state index is 12.5. The number of benzene rings is 2. The van der Waals surface area contributed by atoms with Crippen molar-refractivity contribution in [1.29, 1.82) is 0 Å². The summed E-state index contributed by atoms with van der Waals surface area (Å²) in [5, 5.41) is 0.386. The fourth-order valence-electron chi connectivity index (χ4n) is 3.25. The molecule has 0 bridgehead atoms. The number of nitrogens with zero attached hydrogens (tertiary/aromatic N) is 3. The predicted molar refractivity (Wildman–Crippen MR) is 119 cm³/mol. The molecule has 2 aromatic carbocycles. The number of aromatic nitrogens is 3. The van der Waals surface area contributed by atoms with Gasteiger partial charge in [-0.05, 0) is 43.7 Å². The molecule has 4 rings (SSSR count). The lowest BCUT2D eigenvalue weighted by Crippen LogP contribution is -2.25. The molecule has 154 valence electrons. The van der Waals surface area contributed by atoms with Gasteiger partial charge in [-0.15, -0.1) is 0 Å². The molecule has 6 nitrogen and oxygen atoms in total. The molecule has 1 N–H and O–H groups in total. The van der Waals surface area contributed by atoms with Crippen LogP contribution in [0.2, 0.25) is 5.02 Å². The Morgan fingerprint density at radius 1 is 1.07 bits per heavy atom. The summed E-state index contributed by atoms with van der Waals surface area (Å²) in [5.41, 5.74) is 3.77. The number of nitrogens with one attached hydrogen (secondary N) is 1. The van der Waals surface area contributed by atoms with E-state index in [1.807, 2.05) is 47.9 Å². The molecule has 30 heavy (non-hydrogen) atoms. The van der Waals surface area contributed by atoms with Gasteiger partial charge >= 0.3 is 0 Å². The highest BCUT2D eigenvalue weighted by atomic mass is 35.5. The fourth-order valence-corrected chi connectivity index (χ4v) is 4.63. The fraction of sp³-hybridized carbons (Fsp3) is 0.182. The average Bonchev–Trinajstić information content (AvgIpc) is 3.10. The van der Waals surface area contributed by atoms with Gasteiger partial charge in [0.1, 0.15) is 11.3 Å². The van der Waals surface area contributed by atoms with E-state index in [1.54, 1.807) is 18.3 Å². The second-order valence-electron chi connectivity index (χ2n) is 7.01. The highest BCUT2D eigenvalue weighted by molar-refractivity contribution is 7.89. The molecule has 0 aliphatic heterocycles. The normalized spacial score (nSPS) is 11.8. The largest absolute Gasteiger partial charge is 0.309 e. The molecule has 0 amide bonds. The molecular formula is C22H21ClN4O2S. The van der Waals surface area contributed by atoms with E-state index in [4.69, 9.17) is 16.6 Å². The van der Waals surface area contributed by atoms with Crippen LogP contribution in [0, 0.1) is 6.92 Å². The van der Waals surface area contributed by atoms with Gasteiger partial charge < -0.3 is 4.57 Å². The summed E-state index contributed by atoms with van der Waals surface area (Å²) in [7, 11) is -3.61. The molecule has 0 saturated heterocycles. The Balaban J connectivity index is 1.52. The molecular weight excluding hydrogens is 420 g/mol. The number of aryl methyl sites for hydroxylation is 2. The first-order valence-electron chi connectivity index (χ1n) is 9.57. The van der Waals surface area contributed by atoms with Crippen LogP contribution < -0.4 is 4.72 Å². The third kappa shape index (κ3) is 4.38. The third-order valence-corrected chi connectivity index (χ3v) is 6.46. The summed E-state index contributed by atoms with van der Waals surface area (Å²) in [5.74, 6) is 0.821. The van der Waals surface area contributed by atoms with Crippen molar-refractivity contribution in [3.8, 4) is 11.4 Å². The molecule has 0 unspecified atom stereocenters. The van der Waals surface area contributed by atoms with Crippen LogP contribution >= 0.6 is 11.6 Å². The number of hydrogen-bond acceptors (Lipinski definition) is 4. The number of hydrogen-bond donors (Lipinski definition) is 1. The Labute approximate surface area is 180 Å². The van der Waals surface area contributed by atoms with E-state index in [9.17, 15) is 8.42 Å². The standard InChI is InChI=1S/C22H21ClN4O2S/c1-16-8-10-17(11-9-16)21-26-20-7-3-12-24-22(20)27(21)14-4-13-25-30(28,29)19-6-2-5-18(23)15-19/h2-3,5-12,15,25H,4,13-14H2,1H3. The zero-order chi connectivity index (χ0) is 21.1. The van der Waals surface area contributed by atoms with Gasteiger partial charge in [0.05, 0.1) is 4.90 Å². The van der Waals surface area contributed by atoms with Crippen LogP contribution in [0.5, 0.6) is 0 Å². The first-order chi connectivity index (χ1) is 14.4. The molecule has 0 atom stereocenters. The van der Waals surface area contributed by atoms with Crippen LogP contribution in [-0.2, 0) is 16.6 Å². The Morgan fingerprint density at radius 2 is 1.87 bits per heavy atom. The van der Waals surface area contributed by atoms with E-state index in [1.165, 1.54) is 17.7 Å². The SMILES string of the molecule is Cc1ccc(-c2nc3cccnc3n2CCCNS(=O)(=O)c2cccc(Cl)c2)cc1. The first kappa shape index (κ1) is 20.5. The van der Waals surface area contributed by atoms with Crippen LogP contribution in [-0.4, -0.2) is 29.5 Å². The quantitative estimate of drug-likeness (QED) is 0.431. The molecule has 0 spiro atoms. The van der Waals surface area contributed by atoms with Crippen molar-refractivity contribution in [1.82, 2.24) is 19.3 Å². The Kier molecular flexibility index (Phi) is 5.85. The minimum absolute atomic E-state index is 0.157. The van der Waals surface area contributed by atoms with Gasteiger partial charge in [0.15, 0.2) is 5.65 Å². The zero-order valence-electron chi connectivity index (χ0n) is 16.4. The monoisotopic (exact) mass is 440 g/mol. The molecule has 0 aliphatic rings. The molecule has 0 fully saturated rings. The molecule has 0 radical (unpaired) electrons. The van der Waals surface area contributed by atoms with E-state index in [2.05, 4.69) is 9.71 Å². The van der Waals surface area contributed by atoms with Crippen molar-refractivity contribution in [2.24, 2.45) is 0 Å². The molecule has 0 aliphatic carbocycles. The Bertz CT molecular complexity index is 1280. The lowest BCUT2D eigenvalue weighted by atomic mass is 10.1. The second-order valence-corrected chi connectivity index (χ2v) is 9.21. The molecule has 2 heterocycles. The van der Waals surface area contributed by atoms with Crippen LogP contribution in [0.1, 0.15) is 12.0 Å². The van der Waals surface area contributed by atoms with Gasteiger partial charge in [-0.1, -0.05) is 47.5 Å². The minimum Gasteiger partial charge on any atom is -0.309 e. The van der Waals surface area contributed by atoms with Crippen LogP contribution in [0.25, 0.3) is 22.6 Å². The van der Waals surface area contributed by atoms with Crippen LogP contribution in [0.3, 0.4) is 0 Å². The summed E-state index contributed by atoms with van der Waals surface area (Å²) in [6.45, 7) is 2.91. The Hall–Kier alpha value is -2.74. The van der Waals surface area contributed by atoms with E-state index in [-0.39, 0.29) is 11.4 Å². The van der Waals surface area contributed by atoms with Gasteiger partial charge in [-0.25, -0.2) is 23.1 Å². The summed E-state index contributed by atoms with van der Waals surface area (Å²) in [6.07, 6.45) is 2.32. The van der Waals surface area contributed by atoms with E-state index < -0.39 is 10.0 Å². The molecule has 4 aromatic rings. The highest BCUT2D eigenvalue weighted by Gasteiger charge is 2.15. The lowest BCUT2D eigenvalue weighted by molar-refractivity contribution is 0.572. The minimum atomic E-state index is -3.61. The number of fused-ring (bicyclic) bond motifs is 1. The zero-order valence-corrected chi connectivity index (χ0v) is 18.0. The van der Waals surface area contributed by atoms with Crippen molar-refractivity contribution in [2.45, 2.75) is 24.8 Å².